The predicted octanol–water partition coefficient (Wildman–Crippen LogP) is 2.68. The number of aromatic nitrogens is 2. The molecule has 7 heteroatoms. The van der Waals surface area contributed by atoms with Crippen LogP contribution < -0.4 is 14.4 Å². The van der Waals surface area contributed by atoms with E-state index in [-0.39, 0.29) is 5.78 Å². The van der Waals surface area contributed by atoms with Crippen molar-refractivity contribution in [2.75, 3.05) is 37.9 Å². The molecule has 1 unspecified atom stereocenters. The Balaban J connectivity index is 1.37. The third-order valence-electron chi connectivity index (χ3n) is 5.31. The van der Waals surface area contributed by atoms with Crippen LogP contribution in [-0.4, -0.2) is 53.6 Å². The van der Waals surface area contributed by atoms with Gasteiger partial charge in [0.15, 0.2) is 17.3 Å². The summed E-state index contributed by atoms with van der Waals surface area (Å²) in [7, 11) is 0. The van der Waals surface area contributed by atoms with Crippen LogP contribution in [0.15, 0.2) is 30.6 Å². The van der Waals surface area contributed by atoms with E-state index in [1.165, 1.54) is 5.56 Å². The quantitative estimate of drug-likeness (QED) is 0.752. The lowest BCUT2D eigenvalue weighted by Gasteiger charge is -2.38. The third-order valence-corrected chi connectivity index (χ3v) is 5.31. The van der Waals surface area contributed by atoms with E-state index in [1.807, 2.05) is 13.0 Å². The molecule has 2 aliphatic rings. The molecule has 142 valence electrons. The first-order chi connectivity index (χ1) is 13.2. The van der Waals surface area contributed by atoms with Crippen LogP contribution in [-0.2, 0) is 0 Å². The van der Waals surface area contributed by atoms with Gasteiger partial charge >= 0.3 is 0 Å². The lowest BCUT2D eigenvalue weighted by molar-refractivity contribution is 0.0987. The van der Waals surface area contributed by atoms with Gasteiger partial charge in [0, 0.05) is 51.0 Å². The molecule has 1 aromatic heterocycles. The molecule has 0 spiro atoms. The van der Waals surface area contributed by atoms with Crippen LogP contribution in [0.4, 0.5) is 5.95 Å². The summed E-state index contributed by atoms with van der Waals surface area (Å²) in [6.45, 7) is 7.93. The molecule has 0 aliphatic carbocycles. The summed E-state index contributed by atoms with van der Waals surface area (Å²) in [5.41, 5.74) is 1.81. The van der Waals surface area contributed by atoms with E-state index in [0.717, 1.165) is 37.7 Å². The molecule has 0 amide bonds. The average Bonchev–Trinajstić information content (AvgIpc) is 3.21. The van der Waals surface area contributed by atoms with Gasteiger partial charge < -0.3 is 14.4 Å². The van der Waals surface area contributed by atoms with Gasteiger partial charge in [-0.1, -0.05) is 13.0 Å². The van der Waals surface area contributed by atoms with Crippen LogP contribution in [0.1, 0.15) is 42.2 Å². The monoisotopic (exact) mass is 368 g/mol. The summed E-state index contributed by atoms with van der Waals surface area (Å²) >= 11 is 0. The maximum absolute atomic E-state index is 11.7. The Morgan fingerprint density at radius 2 is 1.81 bits per heavy atom. The Bertz CT molecular complexity index is 816. The van der Waals surface area contributed by atoms with Crippen LogP contribution in [0.25, 0.3) is 0 Å². The summed E-state index contributed by atoms with van der Waals surface area (Å²) in [4.78, 5) is 25.1. The molecular weight excluding hydrogens is 344 g/mol. The molecule has 4 rings (SSSR count). The number of ketones is 1. The largest absolute Gasteiger partial charge is 0.454 e. The number of carbonyl (C=O) groups excluding carboxylic acids is 1. The van der Waals surface area contributed by atoms with Crippen molar-refractivity contribution in [1.82, 2.24) is 14.9 Å². The average molecular weight is 368 g/mol. The van der Waals surface area contributed by atoms with E-state index in [0.29, 0.717) is 30.8 Å². The molecule has 0 N–H and O–H groups in total. The summed E-state index contributed by atoms with van der Waals surface area (Å²) in [5.74, 6) is 2.41. The topological polar surface area (TPSA) is 67.8 Å². The normalized spacial score (nSPS) is 17.8. The number of ether oxygens (including phenoxy) is 2. The SMILES string of the molecule is CCC(=O)c1cnc(N2CCN(C(C)c3ccc4c(c3)OCO4)CC2)nc1. The number of anilines is 1. The highest BCUT2D eigenvalue weighted by Crippen LogP contribution is 2.35. The minimum absolute atomic E-state index is 0.0731. The van der Waals surface area contributed by atoms with Gasteiger partial charge in [0.1, 0.15) is 0 Å². The molecular formula is C20H24N4O3. The number of carbonyl (C=O) groups is 1. The van der Waals surface area contributed by atoms with E-state index >= 15 is 0 Å². The maximum Gasteiger partial charge on any atom is 0.231 e. The van der Waals surface area contributed by atoms with Crippen LogP contribution in [0.2, 0.25) is 0 Å². The molecule has 3 heterocycles. The molecule has 1 aromatic carbocycles. The highest BCUT2D eigenvalue weighted by atomic mass is 16.7. The predicted molar refractivity (Wildman–Crippen MR) is 101 cm³/mol. The zero-order valence-electron chi connectivity index (χ0n) is 15.7. The van der Waals surface area contributed by atoms with Gasteiger partial charge in [-0.05, 0) is 24.6 Å². The molecule has 0 bridgehead atoms. The van der Waals surface area contributed by atoms with Crippen LogP contribution >= 0.6 is 0 Å². The smallest absolute Gasteiger partial charge is 0.231 e. The Morgan fingerprint density at radius 3 is 2.52 bits per heavy atom. The number of benzene rings is 1. The Kier molecular flexibility index (Phi) is 4.94. The van der Waals surface area contributed by atoms with Gasteiger partial charge in [0.05, 0.1) is 5.56 Å². The molecule has 0 saturated carbocycles. The van der Waals surface area contributed by atoms with Crippen LogP contribution in [0, 0.1) is 0 Å². The number of fused-ring (bicyclic) bond motifs is 1. The second-order valence-corrected chi connectivity index (χ2v) is 6.86. The first kappa shape index (κ1) is 17.7. The fourth-order valence-corrected chi connectivity index (χ4v) is 3.53. The summed E-state index contributed by atoms with van der Waals surface area (Å²) in [6, 6.07) is 6.47. The first-order valence-corrected chi connectivity index (χ1v) is 9.39. The maximum atomic E-state index is 11.7. The summed E-state index contributed by atoms with van der Waals surface area (Å²) in [5, 5.41) is 0. The van der Waals surface area contributed by atoms with Crippen molar-refractivity contribution >= 4 is 11.7 Å². The zero-order valence-corrected chi connectivity index (χ0v) is 15.7. The highest BCUT2D eigenvalue weighted by Gasteiger charge is 2.25. The number of rotatable bonds is 5. The first-order valence-electron chi connectivity index (χ1n) is 9.39. The van der Waals surface area contributed by atoms with Crippen LogP contribution in [0.3, 0.4) is 0 Å². The summed E-state index contributed by atoms with van der Waals surface area (Å²) < 4.78 is 10.9. The van der Waals surface area contributed by atoms with Crippen molar-refractivity contribution in [1.29, 1.82) is 0 Å². The van der Waals surface area contributed by atoms with Gasteiger partial charge in [-0.2, -0.15) is 0 Å². The number of hydrogen-bond acceptors (Lipinski definition) is 7. The number of piperazine rings is 1. The lowest BCUT2D eigenvalue weighted by atomic mass is 10.1. The zero-order chi connectivity index (χ0) is 18.8. The second-order valence-electron chi connectivity index (χ2n) is 6.86. The van der Waals surface area contributed by atoms with Crippen molar-refractivity contribution in [3.05, 3.63) is 41.7 Å². The minimum atomic E-state index is 0.0731. The van der Waals surface area contributed by atoms with Crippen molar-refractivity contribution in [3.8, 4) is 11.5 Å². The summed E-state index contributed by atoms with van der Waals surface area (Å²) in [6.07, 6.45) is 3.74. The van der Waals surface area contributed by atoms with E-state index < -0.39 is 0 Å². The van der Waals surface area contributed by atoms with Crippen molar-refractivity contribution in [2.24, 2.45) is 0 Å². The van der Waals surface area contributed by atoms with Gasteiger partial charge in [-0.25, -0.2) is 9.97 Å². The van der Waals surface area contributed by atoms with E-state index in [1.54, 1.807) is 12.4 Å². The molecule has 1 atom stereocenters. The van der Waals surface area contributed by atoms with Gasteiger partial charge in [0.2, 0.25) is 12.7 Å². The van der Waals surface area contributed by atoms with Crippen molar-refractivity contribution in [3.63, 3.8) is 0 Å². The highest BCUT2D eigenvalue weighted by molar-refractivity contribution is 5.95. The third kappa shape index (κ3) is 3.60. The standard InChI is InChI=1S/C20H24N4O3/c1-3-17(25)16-11-21-20(22-12-16)24-8-6-23(7-9-24)14(2)15-4-5-18-19(10-15)27-13-26-18/h4-5,10-12,14H,3,6-9,13H2,1-2H3. The molecule has 1 fully saturated rings. The fraction of sp³-hybridized carbons (Fsp3) is 0.450. The van der Waals surface area contributed by atoms with Crippen molar-refractivity contribution < 1.29 is 14.3 Å². The molecule has 2 aromatic rings. The molecule has 7 nitrogen and oxygen atoms in total. The minimum Gasteiger partial charge on any atom is -0.454 e. The Labute approximate surface area is 158 Å². The Morgan fingerprint density at radius 1 is 1.11 bits per heavy atom. The van der Waals surface area contributed by atoms with E-state index in [4.69, 9.17) is 9.47 Å². The number of nitrogens with zero attached hydrogens (tertiary/aromatic N) is 4. The Hall–Kier alpha value is -2.67. The second kappa shape index (κ2) is 7.52. The molecule has 0 radical (unpaired) electrons. The van der Waals surface area contributed by atoms with Crippen molar-refractivity contribution in [2.45, 2.75) is 26.3 Å². The van der Waals surface area contributed by atoms with Gasteiger partial charge in [0.25, 0.3) is 0 Å². The molecule has 27 heavy (non-hydrogen) atoms. The van der Waals surface area contributed by atoms with E-state index in [9.17, 15) is 4.79 Å². The fourth-order valence-electron chi connectivity index (χ4n) is 3.53. The number of hydrogen-bond donors (Lipinski definition) is 0. The van der Waals surface area contributed by atoms with Gasteiger partial charge in [-0.3, -0.25) is 9.69 Å². The molecule has 1 saturated heterocycles. The van der Waals surface area contributed by atoms with Crippen LogP contribution in [0.5, 0.6) is 11.5 Å². The lowest BCUT2D eigenvalue weighted by Crippen LogP contribution is -2.47. The van der Waals surface area contributed by atoms with E-state index in [2.05, 4.69) is 38.8 Å². The van der Waals surface area contributed by atoms with Gasteiger partial charge in [-0.15, -0.1) is 0 Å². The number of Topliss-reactive ketones (excluding diaryl/α,β-unsaturated/α-hetero) is 1. The molecule has 2 aliphatic heterocycles.